The number of hydrogen-bond acceptors (Lipinski definition) is 5. The van der Waals surface area contributed by atoms with E-state index in [-0.39, 0.29) is 12.5 Å². The molecule has 0 unspecified atom stereocenters. The topological polar surface area (TPSA) is 75.9 Å². The largest absolute Gasteiger partial charge is 0.497 e. The van der Waals surface area contributed by atoms with Crippen molar-refractivity contribution in [2.75, 3.05) is 19.0 Å². The third kappa shape index (κ3) is 4.38. The predicted octanol–water partition coefficient (Wildman–Crippen LogP) is 2.24. The van der Waals surface area contributed by atoms with Crippen molar-refractivity contribution in [1.29, 1.82) is 0 Å². The summed E-state index contributed by atoms with van der Waals surface area (Å²) in [5.74, 6) is 1.10. The van der Waals surface area contributed by atoms with E-state index in [0.717, 1.165) is 11.4 Å². The second-order valence-electron chi connectivity index (χ2n) is 4.30. The standard InChI is InChI=1S/C15H17N3O3/c1-11(14-7-4-8-21-14)17-18-15(19)10-16-12-5-3-6-13(9-12)20-2/h3-9,16H,10H2,1-2H3,(H,18,19)/b17-11-. The molecule has 0 saturated heterocycles. The summed E-state index contributed by atoms with van der Waals surface area (Å²) in [5, 5.41) is 6.96. The Morgan fingerprint density at radius 3 is 2.90 bits per heavy atom. The first-order valence-electron chi connectivity index (χ1n) is 6.44. The molecule has 0 aliphatic heterocycles. The number of amides is 1. The average molecular weight is 287 g/mol. The maximum Gasteiger partial charge on any atom is 0.259 e. The maximum atomic E-state index is 11.7. The summed E-state index contributed by atoms with van der Waals surface area (Å²) in [6, 6.07) is 10.9. The van der Waals surface area contributed by atoms with Crippen molar-refractivity contribution in [1.82, 2.24) is 5.43 Å². The normalized spacial score (nSPS) is 11.0. The molecular weight excluding hydrogens is 270 g/mol. The van der Waals surface area contributed by atoms with E-state index in [4.69, 9.17) is 9.15 Å². The predicted molar refractivity (Wildman–Crippen MR) is 80.5 cm³/mol. The molecule has 2 N–H and O–H groups in total. The third-order valence-electron chi connectivity index (χ3n) is 2.75. The van der Waals surface area contributed by atoms with Crippen molar-refractivity contribution in [3.05, 3.63) is 48.4 Å². The van der Waals surface area contributed by atoms with Crippen LogP contribution < -0.4 is 15.5 Å². The van der Waals surface area contributed by atoms with Crippen LogP contribution in [0.1, 0.15) is 12.7 Å². The van der Waals surface area contributed by atoms with Gasteiger partial charge in [-0.15, -0.1) is 0 Å². The summed E-state index contributed by atoms with van der Waals surface area (Å²) in [5.41, 5.74) is 3.87. The lowest BCUT2D eigenvalue weighted by Crippen LogP contribution is -2.26. The number of benzene rings is 1. The first-order chi connectivity index (χ1) is 10.2. The Morgan fingerprint density at radius 2 is 2.19 bits per heavy atom. The molecule has 0 bridgehead atoms. The third-order valence-corrected chi connectivity index (χ3v) is 2.75. The highest BCUT2D eigenvalue weighted by Crippen LogP contribution is 2.16. The Hall–Kier alpha value is -2.76. The van der Waals surface area contributed by atoms with Crippen molar-refractivity contribution in [3.8, 4) is 5.75 Å². The molecule has 0 aliphatic carbocycles. The van der Waals surface area contributed by atoms with Crippen LogP contribution in [0.15, 0.2) is 52.2 Å². The molecule has 2 aromatic rings. The molecule has 0 fully saturated rings. The fourth-order valence-corrected chi connectivity index (χ4v) is 1.64. The monoisotopic (exact) mass is 287 g/mol. The number of carbonyl (C=O) groups is 1. The SMILES string of the molecule is COc1cccc(NCC(=O)N/N=C(/C)c2ccco2)c1. The molecule has 0 aliphatic rings. The number of hydrazone groups is 1. The van der Waals surface area contributed by atoms with Crippen LogP contribution in [0, 0.1) is 0 Å². The molecule has 1 aromatic carbocycles. The zero-order valence-corrected chi connectivity index (χ0v) is 11.9. The lowest BCUT2D eigenvalue weighted by molar-refractivity contribution is -0.119. The van der Waals surface area contributed by atoms with E-state index in [0.29, 0.717) is 11.5 Å². The Kier molecular flexibility index (Phi) is 4.98. The van der Waals surface area contributed by atoms with E-state index in [2.05, 4.69) is 15.8 Å². The van der Waals surface area contributed by atoms with Gasteiger partial charge in [0.1, 0.15) is 17.2 Å². The van der Waals surface area contributed by atoms with Crippen LogP contribution >= 0.6 is 0 Å². The van der Waals surface area contributed by atoms with Crippen LogP contribution in [0.3, 0.4) is 0 Å². The van der Waals surface area contributed by atoms with E-state index < -0.39 is 0 Å². The zero-order valence-electron chi connectivity index (χ0n) is 11.9. The van der Waals surface area contributed by atoms with Crippen LogP contribution in [-0.2, 0) is 4.79 Å². The van der Waals surface area contributed by atoms with Crippen LogP contribution in [0.5, 0.6) is 5.75 Å². The van der Waals surface area contributed by atoms with E-state index in [1.165, 1.54) is 0 Å². The maximum absolute atomic E-state index is 11.7. The van der Waals surface area contributed by atoms with Crippen molar-refractivity contribution in [2.45, 2.75) is 6.92 Å². The molecule has 1 amide bonds. The first-order valence-corrected chi connectivity index (χ1v) is 6.44. The molecule has 6 nitrogen and oxygen atoms in total. The number of carbonyl (C=O) groups excluding carboxylic acids is 1. The highest BCUT2D eigenvalue weighted by atomic mass is 16.5. The van der Waals surface area contributed by atoms with Gasteiger partial charge in [0.2, 0.25) is 0 Å². The zero-order chi connectivity index (χ0) is 15.1. The van der Waals surface area contributed by atoms with Crippen molar-refractivity contribution in [2.24, 2.45) is 5.10 Å². The first kappa shape index (κ1) is 14.6. The number of furan rings is 1. The Morgan fingerprint density at radius 1 is 1.33 bits per heavy atom. The van der Waals surface area contributed by atoms with Crippen LogP contribution in [0.25, 0.3) is 0 Å². The van der Waals surface area contributed by atoms with E-state index in [1.807, 2.05) is 24.3 Å². The second-order valence-corrected chi connectivity index (χ2v) is 4.30. The second kappa shape index (κ2) is 7.14. The van der Waals surface area contributed by atoms with Gasteiger partial charge in [0.05, 0.1) is 19.9 Å². The van der Waals surface area contributed by atoms with Crippen LogP contribution in [0.4, 0.5) is 5.69 Å². The number of nitrogens with zero attached hydrogens (tertiary/aromatic N) is 1. The van der Waals surface area contributed by atoms with Crippen molar-refractivity contribution < 1.29 is 13.9 Å². The molecule has 21 heavy (non-hydrogen) atoms. The van der Waals surface area contributed by atoms with Gasteiger partial charge in [-0.3, -0.25) is 4.79 Å². The van der Waals surface area contributed by atoms with Gasteiger partial charge >= 0.3 is 0 Å². The van der Waals surface area contributed by atoms with Gasteiger partial charge in [-0.25, -0.2) is 5.43 Å². The van der Waals surface area contributed by atoms with Gasteiger partial charge in [-0.05, 0) is 31.2 Å². The van der Waals surface area contributed by atoms with Crippen molar-refractivity contribution in [3.63, 3.8) is 0 Å². The molecule has 0 spiro atoms. The quantitative estimate of drug-likeness (QED) is 0.631. The number of hydrogen-bond donors (Lipinski definition) is 2. The van der Waals surface area contributed by atoms with Gasteiger partial charge < -0.3 is 14.5 Å². The molecule has 0 saturated carbocycles. The molecular formula is C15H17N3O3. The fraction of sp³-hybridized carbons (Fsp3) is 0.200. The Bertz CT molecular complexity index is 621. The van der Waals surface area contributed by atoms with Gasteiger partial charge in [0.15, 0.2) is 0 Å². The average Bonchev–Trinajstić information content (AvgIpc) is 3.05. The number of anilines is 1. The van der Waals surface area contributed by atoms with Crippen LogP contribution in [0.2, 0.25) is 0 Å². The Balaban J connectivity index is 1.83. The number of methoxy groups -OCH3 is 1. The molecule has 0 radical (unpaired) electrons. The summed E-state index contributed by atoms with van der Waals surface area (Å²) in [4.78, 5) is 11.7. The molecule has 1 aromatic heterocycles. The summed E-state index contributed by atoms with van der Waals surface area (Å²) < 4.78 is 10.3. The fourth-order valence-electron chi connectivity index (χ4n) is 1.64. The molecule has 110 valence electrons. The summed E-state index contributed by atoms with van der Waals surface area (Å²) in [6.45, 7) is 1.87. The number of ether oxygens (including phenoxy) is 1. The number of nitrogens with one attached hydrogen (secondary N) is 2. The minimum atomic E-state index is -0.247. The lowest BCUT2D eigenvalue weighted by Gasteiger charge is -2.07. The van der Waals surface area contributed by atoms with Gasteiger partial charge in [0, 0.05) is 11.8 Å². The minimum absolute atomic E-state index is 0.113. The highest BCUT2D eigenvalue weighted by molar-refractivity contribution is 5.96. The van der Waals surface area contributed by atoms with E-state index in [9.17, 15) is 4.79 Å². The smallest absolute Gasteiger partial charge is 0.259 e. The minimum Gasteiger partial charge on any atom is -0.497 e. The summed E-state index contributed by atoms with van der Waals surface area (Å²) in [7, 11) is 1.60. The molecule has 2 rings (SSSR count). The van der Waals surface area contributed by atoms with Gasteiger partial charge in [0.25, 0.3) is 5.91 Å². The van der Waals surface area contributed by atoms with Crippen LogP contribution in [-0.4, -0.2) is 25.3 Å². The number of rotatable bonds is 6. The van der Waals surface area contributed by atoms with Gasteiger partial charge in [-0.2, -0.15) is 5.10 Å². The molecule has 0 atom stereocenters. The summed E-state index contributed by atoms with van der Waals surface area (Å²) in [6.07, 6.45) is 1.56. The highest BCUT2D eigenvalue weighted by Gasteiger charge is 2.03. The van der Waals surface area contributed by atoms with E-state index in [1.54, 1.807) is 32.4 Å². The molecule has 1 heterocycles. The molecule has 6 heteroatoms. The lowest BCUT2D eigenvalue weighted by atomic mass is 10.3. The Labute approximate surface area is 122 Å². The van der Waals surface area contributed by atoms with E-state index >= 15 is 0 Å². The van der Waals surface area contributed by atoms with Crippen molar-refractivity contribution >= 4 is 17.3 Å². The van der Waals surface area contributed by atoms with Gasteiger partial charge in [-0.1, -0.05) is 6.07 Å². The summed E-state index contributed by atoms with van der Waals surface area (Å²) >= 11 is 0.